The minimum absolute atomic E-state index is 0.169. The predicted molar refractivity (Wildman–Crippen MR) is 102 cm³/mol. The van der Waals surface area contributed by atoms with Crippen LogP contribution in [0.2, 0.25) is 5.02 Å². The van der Waals surface area contributed by atoms with Crippen molar-refractivity contribution in [3.8, 4) is 17.2 Å². The van der Waals surface area contributed by atoms with E-state index in [9.17, 15) is 4.79 Å². The summed E-state index contributed by atoms with van der Waals surface area (Å²) in [6, 6.07) is 15.4. The van der Waals surface area contributed by atoms with Crippen LogP contribution >= 0.6 is 11.6 Å². The van der Waals surface area contributed by atoms with E-state index in [0.717, 1.165) is 0 Å². The molecule has 0 radical (unpaired) electrons. The monoisotopic (exact) mass is 387 g/mol. The zero-order valence-electron chi connectivity index (χ0n) is 14.8. The highest BCUT2D eigenvalue weighted by molar-refractivity contribution is 6.30. The number of hydrogen-bond acceptors (Lipinski definition) is 5. The first-order valence-electron chi connectivity index (χ1n) is 8.09. The maximum absolute atomic E-state index is 12.4. The molecule has 0 atom stereocenters. The molecular weight excluding hydrogens is 370 g/mol. The lowest BCUT2D eigenvalue weighted by atomic mass is 10.2. The Bertz CT molecular complexity index is 920. The average molecular weight is 388 g/mol. The van der Waals surface area contributed by atoms with Crippen LogP contribution in [0.3, 0.4) is 0 Å². The second kappa shape index (κ2) is 8.51. The van der Waals surface area contributed by atoms with Crippen molar-refractivity contribution >= 4 is 23.2 Å². The van der Waals surface area contributed by atoms with Gasteiger partial charge in [-0.15, -0.1) is 0 Å². The molecule has 0 bridgehead atoms. The zero-order chi connectivity index (χ0) is 19.2. The molecule has 0 fully saturated rings. The molecule has 0 aliphatic heterocycles. The van der Waals surface area contributed by atoms with Crippen LogP contribution in [0, 0.1) is 0 Å². The molecule has 3 aromatic rings. The Morgan fingerprint density at radius 2 is 1.74 bits per heavy atom. The van der Waals surface area contributed by atoms with Gasteiger partial charge in [0.15, 0.2) is 5.76 Å². The van der Waals surface area contributed by atoms with E-state index in [1.807, 2.05) is 0 Å². The van der Waals surface area contributed by atoms with Crippen molar-refractivity contribution in [3.05, 3.63) is 71.1 Å². The quantitative estimate of drug-likeness (QED) is 0.631. The molecule has 6 nitrogen and oxygen atoms in total. The van der Waals surface area contributed by atoms with Crippen LogP contribution in [0.25, 0.3) is 0 Å². The van der Waals surface area contributed by atoms with E-state index in [-0.39, 0.29) is 12.4 Å². The zero-order valence-corrected chi connectivity index (χ0v) is 15.6. The molecule has 1 heterocycles. The number of rotatable bonds is 7. The molecule has 140 valence electrons. The van der Waals surface area contributed by atoms with Gasteiger partial charge in [0.05, 0.1) is 19.9 Å². The number of hydrogen-bond donors (Lipinski definition) is 1. The first kappa shape index (κ1) is 18.7. The van der Waals surface area contributed by atoms with Crippen LogP contribution in [0.4, 0.5) is 5.69 Å². The highest BCUT2D eigenvalue weighted by Gasteiger charge is 2.14. The van der Waals surface area contributed by atoms with E-state index < -0.39 is 5.91 Å². The van der Waals surface area contributed by atoms with Crippen molar-refractivity contribution in [2.24, 2.45) is 0 Å². The van der Waals surface area contributed by atoms with Crippen LogP contribution in [0.1, 0.15) is 16.3 Å². The summed E-state index contributed by atoms with van der Waals surface area (Å²) in [5, 5.41) is 3.39. The Labute approximate surface area is 161 Å². The van der Waals surface area contributed by atoms with Gasteiger partial charge < -0.3 is 23.9 Å². The number of anilines is 1. The molecule has 0 saturated carbocycles. The Balaban J connectivity index is 1.63. The molecule has 3 rings (SSSR count). The number of ether oxygens (including phenoxy) is 3. The highest BCUT2D eigenvalue weighted by Crippen LogP contribution is 2.29. The van der Waals surface area contributed by atoms with Gasteiger partial charge in [-0.05, 0) is 48.5 Å². The van der Waals surface area contributed by atoms with Crippen molar-refractivity contribution < 1.29 is 23.4 Å². The Morgan fingerprint density at radius 1 is 1.00 bits per heavy atom. The standard InChI is InChI=1S/C20H18ClNO5/c1-24-15-7-9-17(19(11-15)25-2)22-20(23)18-10-8-16(27-18)12-26-14-5-3-13(21)4-6-14/h3-11H,12H2,1-2H3,(H,22,23). The van der Waals surface area contributed by atoms with E-state index in [1.165, 1.54) is 7.11 Å². The number of nitrogens with one attached hydrogen (secondary N) is 1. The number of carbonyl (C=O) groups excluding carboxylic acids is 1. The minimum Gasteiger partial charge on any atom is -0.497 e. The van der Waals surface area contributed by atoms with Crippen LogP contribution in [0.5, 0.6) is 17.2 Å². The van der Waals surface area contributed by atoms with Gasteiger partial charge in [-0.25, -0.2) is 0 Å². The number of carbonyl (C=O) groups is 1. The fourth-order valence-electron chi connectivity index (χ4n) is 2.35. The second-order valence-electron chi connectivity index (χ2n) is 5.53. The molecule has 0 saturated heterocycles. The van der Waals surface area contributed by atoms with Crippen molar-refractivity contribution in [2.75, 3.05) is 19.5 Å². The lowest BCUT2D eigenvalue weighted by molar-refractivity contribution is 0.0992. The summed E-state index contributed by atoms with van der Waals surface area (Å²) in [6.45, 7) is 0.195. The maximum Gasteiger partial charge on any atom is 0.291 e. The molecule has 1 N–H and O–H groups in total. The van der Waals surface area contributed by atoms with Gasteiger partial charge in [0, 0.05) is 11.1 Å². The van der Waals surface area contributed by atoms with Gasteiger partial charge in [-0.1, -0.05) is 11.6 Å². The van der Waals surface area contributed by atoms with Gasteiger partial charge in [-0.3, -0.25) is 4.79 Å². The van der Waals surface area contributed by atoms with Crippen LogP contribution < -0.4 is 19.5 Å². The van der Waals surface area contributed by atoms with Gasteiger partial charge in [0.25, 0.3) is 5.91 Å². The highest BCUT2D eigenvalue weighted by atomic mass is 35.5. The molecular formula is C20H18ClNO5. The summed E-state index contributed by atoms with van der Waals surface area (Å²) in [5.41, 5.74) is 0.513. The molecule has 2 aromatic carbocycles. The van der Waals surface area contributed by atoms with Crippen LogP contribution in [-0.2, 0) is 6.61 Å². The van der Waals surface area contributed by atoms with Gasteiger partial charge in [0.2, 0.25) is 0 Å². The largest absolute Gasteiger partial charge is 0.497 e. The SMILES string of the molecule is COc1ccc(NC(=O)c2ccc(COc3ccc(Cl)cc3)o2)c(OC)c1. The van der Waals surface area contributed by atoms with Crippen molar-refractivity contribution in [1.29, 1.82) is 0 Å². The summed E-state index contributed by atoms with van der Waals surface area (Å²) in [5.74, 6) is 2.07. The fraction of sp³-hybridized carbons (Fsp3) is 0.150. The summed E-state index contributed by atoms with van der Waals surface area (Å²) in [4.78, 5) is 12.4. The normalized spacial score (nSPS) is 10.3. The third-order valence-electron chi connectivity index (χ3n) is 3.74. The maximum atomic E-state index is 12.4. The number of benzene rings is 2. The molecule has 27 heavy (non-hydrogen) atoms. The molecule has 0 spiro atoms. The van der Waals surface area contributed by atoms with E-state index in [4.69, 9.17) is 30.2 Å². The summed E-state index contributed by atoms with van der Waals surface area (Å²) >= 11 is 5.84. The fourth-order valence-corrected chi connectivity index (χ4v) is 2.47. The van der Waals surface area contributed by atoms with Crippen molar-refractivity contribution in [1.82, 2.24) is 0 Å². The van der Waals surface area contributed by atoms with Crippen molar-refractivity contribution in [3.63, 3.8) is 0 Å². The number of furan rings is 1. The summed E-state index contributed by atoms with van der Waals surface area (Å²) in [6.07, 6.45) is 0. The minimum atomic E-state index is -0.392. The first-order chi connectivity index (χ1) is 13.1. The topological polar surface area (TPSA) is 69.9 Å². The number of halogens is 1. The predicted octanol–water partition coefficient (Wildman–Crippen LogP) is 4.78. The molecule has 1 aromatic heterocycles. The van der Waals surface area contributed by atoms with Gasteiger partial charge in [-0.2, -0.15) is 0 Å². The van der Waals surface area contributed by atoms with E-state index in [1.54, 1.807) is 61.7 Å². The molecule has 0 aliphatic rings. The molecule has 7 heteroatoms. The third kappa shape index (κ3) is 4.74. The molecule has 0 aliphatic carbocycles. The molecule has 1 amide bonds. The summed E-state index contributed by atoms with van der Waals surface area (Å²) < 4.78 is 21.6. The van der Waals surface area contributed by atoms with E-state index in [0.29, 0.717) is 33.7 Å². The Morgan fingerprint density at radius 3 is 2.44 bits per heavy atom. The third-order valence-corrected chi connectivity index (χ3v) is 3.99. The first-order valence-corrected chi connectivity index (χ1v) is 8.47. The lowest BCUT2D eigenvalue weighted by Gasteiger charge is -2.10. The van der Waals surface area contributed by atoms with Crippen LogP contribution in [0.15, 0.2) is 59.0 Å². The Hall–Kier alpha value is -3.12. The van der Waals surface area contributed by atoms with Crippen molar-refractivity contribution in [2.45, 2.75) is 6.61 Å². The van der Waals surface area contributed by atoms with Gasteiger partial charge >= 0.3 is 0 Å². The van der Waals surface area contributed by atoms with Gasteiger partial charge in [0.1, 0.15) is 29.6 Å². The second-order valence-corrected chi connectivity index (χ2v) is 5.97. The number of methoxy groups -OCH3 is 2. The van der Waals surface area contributed by atoms with Crippen LogP contribution in [-0.4, -0.2) is 20.1 Å². The van der Waals surface area contributed by atoms with E-state index in [2.05, 4.69) is 5.32 Å². The summed E-state index contributed by atoms with van der Waals surface area (Å²) in [7, 11) is 3.08. The molecule has 0 unspecified atom stereocenters. The lowest BCUT2D eigenvalue weighted by Crippen LogP contribution is -2.11. The van der Waals surface area contributed by atoms with E-state index >= 15 is 0 Å². The average Bonchev–Trinajstić information content (AvgIpc) is 3.17. The Kier molecular flexibility index (Phi) is 5.88. The number of amides is 1. The smallest absolute Gasteiger partial charge is 0.291 e.